The summed E-state index contributed by atoms with van der Waals surface area (Å²) in [6.45, 7) is 1.47. The molecule has 3 aromatic rings. The fraction of sp³-hybridized carbons (Fsp3) is 0.130. The van der Waals surface area contributed by atoms with Crippen molar-refractivity contribution < 1.29 is 24.2 Å². The standard InChI is InChI=1S/C23H21NO5/c1-15(29-23(27)19-14-17(28-2)12-13-21(19)25)22(26)24-20-11-7-6-10-18(20)16-8-4-3-5-9-16/h3-15,25H,1-2H3,(H,24,26)/t15-/m0/s1. The molecule has 0 unspecified atom stereocenters. The molecule has 1 atom stereocenters. The van der Waals surface area contributed by atoms with Crippen molar-refractivity contribution in [3.05, 3.63) is 78.4 Å². The summed E-state index contributed by atoms with van der Waals surface area (Å²) in [7, 11) is 1.45. The lowest BCUT2D eigenvalue weighted by molar-refractivity contribution is -0.123. The number of anilines is 1. The monoisotopic (exact) mass is 391 g/mol. The summed E-state index contributed by atoms with van der Waals surface area (Å²) in [5.74, 6) is -1.16. The van der Waals surface area contributed by atoms with Crippen LogP contribution in [-0.2, 0) is 9.53 Å². The fourth-order valence-electron chi connectivity index (χ4n) is 2.78. The molecule has 0 radical (unpaired) electrons. The first-order valence-electron chi connectivity index (χ1n) is 9.03. The van der Waals surface area contributed by atoms with Crippen LogP contribution in [-0.4, -0.2) is 30.2 Å². The molecule has 0 fully saturated rings. The second-order valence-corrected chi connectivity index (χ2v) is 6.33. The summed E-state index contributed by atoms with van der Waals surface area (Å²) in [4.78, 5) is 25.0. The lowest BCUT2D eigenvalue weighted by Crippen LogP contribution is -2.30. The van der Waals surface area contributed by atoms with Gasteiger partial charge in [-0.1, -0.05) is 48.5 Å². The Morgan fingerprint density at radius 1 is 0.966 bits per heavy atom. The first-order chi connectivity index (χ1) is 14.0. The molecule has 0 aromatic heterocycles. The Hall–Kier alpha value is -3.80. The number of phenolic OH excluding ortho intramolecular Hbond substituents is 1. The molecule has 6 nitrogen and oxygen atoms in total. The van der Waals surface area contributed by atoms with Gasteiger partial charge in [0.15, 0.2) is 6.10 Å². The number of amides is 1. The van der Waals surface area contributed by atoms with E-state index in [0.29, 0.717) is 11.4 Å². The lowest BCUT2D eigenvalue weighted by atomic mass is 10.0. The zero-order chi connectivity index (χ0) is 20.8. The fourth-order valence-corrected chi connectivity index (χ4v) is 2.78. The van der Waals surface area contributed by atoms with E-state index < -0.39 is 18.0 Å². The molecule has 0 saturated heterocycles. The molecule has 0 saturated carbocycles. The quantitative estimate of drug-likeness (QED) is 0.614. The van der Waals surface area contributed by atoms with Gasteiger partial charge in [0.2, 0.25) is 0 Å². The number of carbonyl (C=O) groups is 2. The smallest absolute Gasteiger partial charge is 0.342 e. The van der Waals surface area contributed by atoms with Gasteiger partial charge in [-0.05, 0) is 36.8 Å². The number of methoxy groups -OCH3 is 1. The van der Waals surface area contributed by atoms with Gasteiger partial charge in [-0.15, -0.1) is 0 Å². The molecule has 0 aliphatic heterocycles. The number of hydrogen-bond acceptors (Lipinski definition) is 5. The van der Waals surface area contributed by atoms with Crippen molar-refractivity contribution in [1.29, 1.82) is 0 Å². The SMILES string of the molecule is COc1ccc(O)c(C(=O)O[C@@H](C)C(=O)Nc2ccccc2-c2ccccc2)c1. The molecular weight excluding hydrogens is 370 g/mol. The number of rotatable bonds is 6. The Morgan fingerprint density at radius 3 is 2.38 bits per heavy atom. The number of benzene rings is 3. The minimum atomic E-state index is -1.07. The van der Waals surface area contributed by atoms with Gasteiger partial charge in [-0.2, -0.15) is 0 Å². The van der Waals surface area contributed by atoms with Crippen molar-refractivity contribution in [3.63, 3.8) is 0 Å². The van der Waals surface area contributed by atoms with Crippen LogP contribution in [0.2, 0.25) is 0 Å². The van der Waals surface area contributed by atoms with E-state index in [2.05, 4.69) is 5.32 Å². The second-order valence-electron chi connectivity index (χ2n) is 6.33. The Balaban J connectivity index is 1.73. The normalized spacial score (nSPS) is 11.4. The molecule has 0 aliphatic rings. The summed E-state index contributed by atoms with van der Waals surface area (Å²) >= 11 is 0. The van der Waals surface area contributed by atoms with Crippen molar-refractivity contribution in [2.75, 3.05) is 12.4 Å². The van der Waals surface area contributed by atoms with E-state index in [4.69, 9.17) is 9.47 Å². The van der Waals surface area contributed by atoms with Gasteiger partial charge in [0.25, 0.3) is 5.91 Å². The third kappa shape index (κ3) is 4.73. The van der Waals surface area contributed by atoms with Crippen LogP contribution in [0.25, 0.3) is 11.1 Å². The summed E-state index contributed by atoms with van der Waals surface area (Å²) in [5.41, 5.74) is 2.34. The minimum Gasteiger partial charge on any atom is -0.507 e. The van der Waals surface area contributed by atoms with Crippen LogP contribution >= 0.6 is 0 Å². The molecule has 0 bridgehead atoms. The maximum Gasteiger partial charge on any atom is 0.342 e. The summed E-state index contributed by atoms with van der Waals surface area (Å²) in [6, 6.07) is 21.2. The van der Waals surface area contributed by atoms with Gasteiger partial charge in [0.05, 0.1) is 7.11 Å². The maximum atomic E-state index is 12.6. The Labute approximate surface area is 168 Å². The van der Waals surface area contributed by atoms with Gasteiger partial charge in [0.1, 0.15) is 17.1 Å². The van der Waals surface area contributed by atoms with Crippen LogP contribution < -0.4 is 10.1 Å². The van der Waals surface area contributed by atoms with Gasteiger partial charge in [-0.25, -0.2) is 4.79 Å². The van der Waals surface area contributed by atoms with Crippen molar-refractivity contribution >= 4 is 17.6 Å². The highest BCUT2D eigenvalue weighted by atomic mass is 16.5. The molecule has 6 heteroatoms. The molecular formula is C23H21NO5. The summed E-state index contributed by atoms with van der Waals surface area (Å²) in [5, 5.41) is 12.7. The molecule has 0 heterocycles. The van der Waals surface area contributed by atoms with Crippen molar-refractivity contribution in [2.45, 2.75) is 13.0 Å². The second kappa shape index (κ2) is 8.93. The van der Waals surface area contributed by atoms with E-state index in [9.17, 15) is 14.7 Å². The predicted molar refractivity (Wildman–Crippen MR) is 110 cm³/mol. The number of para-hydroxylation sites is 1. The Kier molecular flexibility index (Phi) is 6.14. The third-order valence-corrected chi connectivity index (χ3v) is 4.35. The van der Waals surface area contributed by atoms with Gasteiger partial charge in [0, 0.05) is 11.3 Å². The van der Waals surface area contributed by atoms with Gasteiger partial charge >= 0.3 is 5.97 Å². The number of phenols is 1. The van der Waals surface area contributed by atoms with Crippen molar-refractivity contribution in [2.24, 2.45) is 0 Å². The van der Waals surface area contributed by atoms with E-state index in [1.54, 1.807) is 6.07 Å². The maximum absolute atomic E-state index is 12.6. The zero-order valence-corrected chi connectivity index (χ0v) is 16.1. The highest BCUT2D eigenvalue weighted by molar-refractivity contribution is 6.00. The highest BCUT2D eigenvalue weighted by Gasteiger charge is 2.22. The minimum absolute atomic E-state index is 0.0753. The Morgan fingerprint density at radius 2 is 1.66 bits per heavy atom. The average Bonchev–Trinajstić information content (AvgIpc) is 2.75. The molecule has 3 aromatic carbocycles. The van der Waals surface area contributed by atoms with Crippen LogP contribution in [0.1, 0.15) is 17.3 Å². The predicted octanol–water partition coefficient (Wildman–Crippen LogP) is 4.25. The van der Waals surface area contributed by atoms with Gasteiger partial charge in [-0.3, -0.25) is 4.79 Å². The summed E-state index contributed by atoms with van der Waals surface area (Å²) in [6.07, 6.45) is -1.07. The zero-order valence-electron chi connectivity index (χ0n) is 16.1. The van der Waals surface area contributed by atoms with Gasteiger partial charge < -0.3 is 19.9 Å². The number of aromatic hydroxyl groups is 1. The van der Waals surface area contributed by atoms with Crippen molar-refractivity contribution in [3.8, 4) is 22.6 Å². The lowest BCUT2D eigenvalue weighted by Gasteiger charge is -2.16. The summed E-state index contributed by atoms with van der Waals surface area (Å²) < 4.78 is 10.3. The number of esters is 1. The van der Waals surface area contributed by atoms with Crippen molar-refractivity contribution in [1.82, 2.24) is 0 Å². The number of ether oxygens (including phenoxy) is 2. The molecule has 29 heavy (non-hydrogen) atoms. The molecule has 3 rings (SSSR count). The molecule has 148 valence electrons. The van der Waals surface area contributed by atoms with E-state index >= 15 is 0 Å². The first-order valence-corrected chi connectivity index (χ1v) is 9.03. The van der Waals surface area contributed by atoms with Crippen LogP contribution in [0.4, 0.5) is 5.69 Å². The van der Waals surface area contributed by atoms with E-state index in [1.807, 2.05) is 48.5 Å². The molecule has 2 N–H and O–H groups in total. The number of carbonyl (C=O) groups excluding carboxylic acids is 2. The Bertz CT molecular complexity index is 1020. The van der Waals surface area contributed by atoms with Crippen LogP contribution in [0.5, 0.6) is 11.5 Å². The number of hydrogen-bond donors (Lipinski definition) is 2. The van der Waals surface area contributed by atoms with Crippen LogP contribution in [0.15, 0.2) is 72.8 Å². The highest BCUT2D eigenvalue weighted by Crippen LogP contribution is 2.28. The van der Waals surface area contributed by atoms with Crippen LogP contribution in [0, 0.1) is 0 Å². The van der Waals surface area contributed by atoms with E-state index in [-0.39, 0.29) is 11.3 Å². The third-order valence-electron chi connectivity index (χ3n) is 4.35. The van der Waals surface area contributed by atoms with E-state index in [0.717, 1.165) is 11.1 Å². The molecule has 0 spiro atoms. The largest absolute Gasteiger partial charge is 0.507 e. The number of nitrogens with one attached hydrogen (secondary N) is 1. The van der Waals surface area contributed by atoms with Crippen LogP contribution in [0.3, 0.4) is 0 Å². The topological polar surface area (TPSA) is 84.9 Å². The van der Waals surface area contributed by atoms with E-state index in [1.165, 1.54) is 32.2 Å². The molecule has 0 aliphatic carbocycles. The first kappa shape index (κ1) is 19.9. The average molecular weight is 391 g/mol. The molecule has 1 amide bonds.